The van der Waals surface area contributed by atoms with Gasteiger partial charge in [-0.25, -0.2) is 4.98 Å². The normalized spacial score (nSPS) is 29.2. The average molecular weight is 285 g/mol. The maximum absolute atomic E-state index is 10.7. The SMILES string of the molecule is COC1(C(O)c2cc(Cl)cnc2N)CCC(C)CC1. The number of aliphatic hydroxyl groups is 1. The summed E-state index contributed by atoms with van der Waals surface area (Å²) in [6.07, 6.45) is 4.40. The Bertz CT molecular complexity index is 445. The van der Waals surface area contributed by atoms with E-state index in [1.165, 1.54) is 6.20 Å². The smallest absolute Gasteiger partial charge is 0.129 e. The summed E-state index contributed by atoms with van der Waals surface area (Å²) in [7, 11) is 1.65. The first-order valence-corrected chi connectivity index (χ1v) is 7.00. The number of pyridine rings is 1. The van der Waals surface area contributed by atoms with E-state index in [0.717, 1.165) is 25.7 Å². The molecule has 1 aliphatic rings. The number of nitrogens with two attached hydrogens (primary N) is 1. The molecular formula is C14H21ClN2O2. The topological polar surface area (TPSA) is 68.4 Å². The summed E-state index contributed by atoms with van der Waals surface area (Å²) in [6, 6.07) is 1.67. The Hall–Kier alpha value is -0.840. The van der Waals surface area contributed by atoms with Crippen molar-refractivity contribution >= 4 is 17.4 Å². The highest BCUT2D eigenvalue weighted by Gasteiger charge is 2.42. The number of anilines is 1. The van der Waals surface area contributed by atoms with Crippen LogP contribution < -0.4 is 5.73 Å². The lowest BCUT2D eigenvalue weighted by atomic mass is 9.74. The van der Waals surface area contributed by atoms with Gasteiger partial charge in [-0.2, -0.15) is 0 Å². The number of nitrogens with zero attached hydrogens (tertiary/aromatic N) is 1. The molecule has 1 aromatic rings. The summed E-state index contributed by atoms with van der Waals surface area (Å²) >= 11 is 5.94. The fraction of sp³-hybridized carbons (Fsp3) is 0.643. The molecule has 3 N–H and O–H groups in total. The van der Waals surface area contributed by atoms with Crippen molar-refractivity contribution < 1.29 is 9.84 Å². The summed E-state index contributed by atoms with van der Waals surface area (Å²) in [6.45, 7) is 2.22. The number of ether oxygens (including phenoxy) is 1. The fourth-order valence-electron chi connectivity index (χ4n) is 2.81. The number of methoxy groups -OCH3 is 1. The average Bonchev–Trinajstić information content (AvgIpc) is 2.42. The van der Waals surface area contributed by atoms with Crippen LogP contribution in [0.2, 0.25) is 5.02 Å². The van der Waals surface area contributed by atoms with Gasteiger partial charge < -0.3 is 15.6 Å². The van der Waals surface area contributed by atoms with Gasteiger partial charge in [0.1, 0.15) is 11.9 Å². The van der Waals surface area contributed by atoms with Crippen LogP contribution in [0.5, 0.6) is 0 Å². The molecule has 0 radical (unpaired) electrons. The zero-order chi connectivity index (χ0) is 14.0. The van der Waals surface area contributed by atoms with E-state index in [0.29, 0.717) is 22.3 Å². The fourth-order valence-corrected chi connectivity index (χ4v) is 2.97. The molecule has 2 rings (SSSR count). The molecule has 1 saturated carbocycles. The molecular weight excluding hydrogens is 264 g/mol. The number of nitrogen functional groups attached to an aromatic ring is 1. The Morgan fingerprint density at radius 3 is 2.74 bits per heavy atom. The van der Waals surface area contributed by atoms with Gasteiger partial charge in [-0.1, -0.05) is 18.5 Å². The number of rotatable bonds is 3. The lowest BCUT2D eigenvalue weighted by Crippen LogP contribution is -2.42. The third kappa shape index (κ3) is 2.86. The van der Waals surface area contributed by atoms with Crippen molar-refractivity contribution in [1.82, 2.24) is 4.98 Å². The number of halogens is 1. The van der Waals surface area contributed by atoms with Gasteiger partial charge in [-0.05, 0) is 37.7 Å². The summed E-state index contributed by atoms with van der Waals surface area (Å²) in [5.74, 6) is 0.984. The van der Waals surface area contributed by atoms with Crippen LogP contribution in [0.15, 0.2) is 12.3 Å². The van der Waals surface area contributed by atoms with Crippen LogP contribution >= 0.6 is 11.6 Å². The van der Waals surface area contributed by atoms with Crippen LogP contribution in [0, 0.1) is 5.92 Å². The van der Waals surface area contributed by atoms with Crippen LogP contribution in [-0.2, 0) is 4.74 Å². The summed E-state index contributed by atoms with van der Waals surface area (Å²) in [5, 5.41) is 11.2. The second-order valence-electron chi connectivity index (χ2n) is 5.48. The highest BCUT2D eigenvalue weighted by atomic mass is 35.5. The van der Waals surface area contributed by atoms with Crippen LogP contribution in [0.4, 0.5) is 5.82 Å². The Balaban J connectivity index is 2.30. The van der Waals surface area contributed by atoms with E-state index in [9.17, 15) is 5.11 Å². The minimum atomic E-state index is -0.795. The standard InChI is InChI=1S/C14H21ClN2O2/c1-9-3-5-14(19-2,6-4-9)12(18)11-7-10(15)8-17-13(11)16/h7-9,12,18H,3-6H2,1-2H3,(H2,16,17). The van der Waals surface area contributed by atoms with E-state index < -0.39 is 11.7 Å². The van der Waals surface area contributed by atoms with E-state index in [1.807, 2.05) is 0 Å². The molecule has 1 heterocycles. The molecule has 1 aliphatic carbocycles. The molecule has 0 aromatic carbocycles. The second-order valence-corrected chi connectivity index (χ2v) is 5.92. The number of hydrogen-bond acceptors (Lipinski definition) is 4. The van der Waals surface area contributed by atoms with Crippen molar-refractivity contribution in [2.45, 2.75) is 44.3 Å². The highest BCUT2D eigenvalue weighted by molar-refractivity contribution is 6.30. The molecule has 0 saturated heterocycles. The van der Waals surface area contributed by atoms with Crippen LogP contribution in [-0.4, -0.2) is 22.8 Å². The van der Waals surface area contributed by atoms with Gasteiger partial charge in [-0.3, -0.25) is 0 Å². The predicted octanol–water partition coefficient (Wildman–Crippen LogP) is 2.95. The van der Waals surface area contributed by atoms with Crippen LogP contribution in [0.3, 0.4) is 0 Å². The van der Waals surface area contributed by atoms with Crippen molar-refractivity contribution in [3.8, 4) is 0 Å². The third-order valence-corrected chi connectivity index (χ3v) is 4.44. The molecule has 19 heavy (non-hydrogen) atoms. The minimum absolute atomic E-state index is 0.312. The van der Waals surface area contributed by atoms with Gasteiger partial charge in [0.15, 0.2) is 0 Å². The lowest BCUT2D eigenvalue weighted by Gasteiger charge is -2.42. The van der Waals surface area contributed by atoms with E-state index in [1.54, 1.807) is 13.2 Å². The van der Waals surface area contributed by atoms with Crippen molar-refractivity contribution in [1.29, 1.82) is 0 Å². The molecule has 106 valence electrons. The molecule has 0 spiro atoms. The van der Waals surface area contributed by atoms with Crippen molar-refractivity contribution in [2.75, 3.05) is 12.8 Å². The molecule has 0 bridgehead atoms. The Morgan fingerprint density at radius 2 is 2.16 bits per heavy atom. The Kier molecular flexibility index (Phi) is 4.33. The van der Waals surface area contributed by atoms with Crippen LogP contribution in [0.25, 0.3) is 0 Å². The van der Waals surface area contributed by atoms with Crippen molar-refractivity contribution in [2.24, 2.45) is 5.92 Å². The van der Waals surface area contributed by atoms with Crippen molar-refractivity contribution in [3.05, 3.63) is 22.8 Å². The third-order valence-electron chi connectivity index (χ3n) is 4.24. The summed E-state index contributed by atoms with van der Waals surface area (Å²) in [5.41, 5.74) is 5.84. The molecule has 4 nitrogen and oxygen atoms in total. The molecule has 5 heteroatoms. The molecule has 1 unspecified atom stereocenters. The molecule has 0 amide bonds. The Morgan fingerprint density at radius 1 is 1.53 bits per heavy atom. The van der Waals surface area contributed by atoms with Crippen LogP contribution in [0.1, 0.15) is 44.3 Å². The van der Waals surface area contributed by atoms with E-state index in [2.05, 4.69) is 11.9 Å². The van der Waals surface area contributed by atoms with Gasteiger partial charge >= 0.3 is 0 Å². The zero-order valence-electron chi connectivity index (χ0n) is 11.4. The van der Waals surface area contributed by atoms with Gasteiger partial charge in [0.25, 0.3) is 0 Å². The maximum Gasteiger partial charge on any atom is 0.129 e. The Labute approximate surface area is 118 Å². The number of aromatic nitrogens is 1. The van der Waals surface area contributed by atoms with Gasteiger partial charge in [0, 0.05) is 18.9 Å². The van der Waals surface area contributed by atoms with E-state index in [4.69, 9.17) is 22.1 Å². The van der Waals surface area contributed by atoms with Gasteiger partial charge in [0.05, 0.1) is 10.6 Å². The first-order valence-electron chi connectivity index (χ1n) is 6.62. The predicted molar refractivity (Wildman–Crippen MR) is 76.0 cm³/mol. The number of hydrogen-bond donors (Lipinski definition) is 2. The number of aliphatic hydroxyl groups excluding tert-OH is 1. The highest BCUT2D eigenvalue weighted by Crippen LogP contribution is 2.44. The van der Waals surface area contributed by atoms with E-state index >= 15 is 0 Å². The molecule has 1 aromatic heterocycles. The molecule has 1 atom stereocenters. The lowest BCUT2D eigenvalue weighted by molar-refractivity contribution is -0.130. The monoisotopic (exact) mass is 284 g/mol. The van der Waals surface area contributed by atoms with E-state index in [-0.39, 0.29) is 0 Å². The first-order chi connectivity index (χ1) is 8.98. The van der Waals surface area contributed by atoms with Gasteiger partial charge in [-0.15, -0.1) is 0 Å². The second kappa shape index (κ2) is 5.65. The zero-order valence-corrected chi connectivity index (χ0v) is 12.2. The summed E-state index contributed by atoms with van der Waals surface area (Å²) in [4.78, 5) is 4.01. The van der Waals surface area contributed by atoms with Gasteiger partial charge in [0.2, 0.25) is 0 Å². The summed E-state index contributed by atoms with van der Waals surface area (Å²) < 4.78 is 5.66. The molecule has 0 aliphatic heterocycles. The minimum Gasteiger partial charge on any atom is -0.385 e. The largest absolute Gasteiger partial charge is 0.385 e. The van der Waals surface area contributed by atoms with Crippen molar-refractivity contribution in [3.63, 3.8) is 0 Å². The quantitative estimate of drug-likeness (QED) is 0.895. The first kappa shape index (κ1) is 14.6. The molecule has 1 fully saturated rings. The maximum atomic E-state index is 10.7.